The molecule has 0 aliphatic carbocycles. The predicted molar refractivity (Wildman–Crippen MR) is 118 cm³/mol. The molecule has 29 heavy (non-hydrogen) atoms. The van der Waals surface area contributed by atoms with E-state index in [4.69, 9.17) is 32.7 Å². The van der Waals surface area contributed by atoms with E-state index in [1.807, 2.05) is 23.9 Å². The van der Waals surface area contributed by atoms with Crippen molar-refractivity contribution < 1.29 is 14.3 Å². The van der Waals surface area contributed by atoms with Crippen LogP contribution >= 0.6 is 35.0 Å². The van der Waals surface area contributed by atoms with Crippen LogP contribution in [0.25, 0.3) is 0 Å². The van der Waals surface area contributed by atoms with Gasteiger partial charge in [-0.3, -0.25) is 9.69 Å². The van der Waals surface area contributed by atoms with Crippen LogP contribution in [0.3, 0.4) is 0 Å². The molecule has 0 radical (unpaired) electrons. The van der Waals surface area contributed by atoms with Crippen LogP contribution in [0.15, 0.2) is 18.2 Å². The zero-order chi connectivity index (χ0) is 20.3. The molecule has 3 aliphatic heterocycles. The Morgan fingerprint density at radius 2 is 1.83 bits per heavy atom. The standard InChI is InChI=1S/C21H28Cl2N2O3S/c22-16-1-2-17(18(23)13-16)21(3-8-27-9-4-21)19(26)24-14-20(5-12-29-15-20)25-6-10-28-11-7-25/h1-2,13H,3-12,14-15H2,(H,24,26). The van der Waals surface area contributed by atoms with Crippen molar-refractivity contribution in [2.24, 2.45) is 0 Å². The van der Waals surface area contributed by atoms with E-state index in [9.17, 15) is 4.79 Å². The van der Waals surface area contributed by atoms with Gasteiger partial charge in [0.1, 0.15) is 0 Å². The molecule has 4 rings (SSSR count). The van der Waals surface area contributed by atoms with Gasteiger partial charge in [-0.1, -0.05) is 29.3 Å². The maximum absolute atomic E-state index is 13.6. The first-order chi connectivity index (χ1) is 14.1. The zero-order valence-corrected chi connectivity index (χ0v) is 18.9. The summed E-state index contributed by atoms with van der Waals surface area (Å²) in [5, 5.41) is 4.46. The molecule has 5 nitrogen and oxygen atoms in total. The number of thioether (sulfide) groups is 1. The summed E-state index contributed by atoms with van der Waals surface area (Å²) in [4.78, 5) is 16.1. The summed E-state index contributed by atoms with van der Waals surface area (Å²) < 4.78 is 11.1. The Hall–Kier alpha value is -0.500. The van der Waals surface area contributed by atoms with Gasteiger partial charge in [-0.15, -0.1) is 0 Å². The highest BCUT2D eigenvalue weighted by Crippen LogP contribution is 2.40. The molecule has 1 unspecified atom stereocenters. The van der Waals surface area contributed by atoms with Gasteiger partial charge in [-0.25, -0.2) is 0 Å². The van der Waals surface area contributed by atoms with Crippen LogP contribution in [-0.4, -0.2) is 73.9 Å². The minimum Gasteiger partial charge on any atom is -0.381 e. The number of nitrogens with one attached hydrogen (secondary N) is 1. The fourth-order valence-corrected chi connectivity index (χ4v) is 6.83. The molecule has 1 aromatic rings. The average molecular weight is 459 g/mol. The van der Waals surface area contributed by atoms with Crippen LogP contribution in [-0.2, 0) is 19.7 Å². The highest BCUT2D eigenvalue weighted by molar-refractivity contribution is 7.99. The molecule has 3 aliphatic rings. The first-order valence-electron chi connectivity index (χ1n) is 10.3. The minimum atomic E-state index is -0.669. The molecule has 3 heterocycles. The Morgan fingerprint density at radius 1 is 1.10 bits per heavy atom. The summed E-state index contributed by atoms with van der Waals surface area (Å²) in [5.74, 6) is 2.23. The van der Waals surface area contributed by atoms with E-state index >= 15 is 0 Å². The van der Waals surface area contributed by atoms with E-state index in [1.165, 1.54) is 0 Å². The number of rotatable bonds is 5. The SMILES string of the molecule is O=C(NCC1(N2CCOCC2)CCSC1)C1(c2ccc(Cl)cc2Cl)CCOCC1. The van der Waals surface area contributed by atoms with Crippen molar-refractivity contribution in [3.05, 3.63) is 33.8 Å². The van der Waals surface area contributed by atoms with E-state index in [0.717, 1.165) is 49.8 Å². The summed E-state index contributed by atoms with van der Waals surface area (Å²) in [6.45, 7) is 5.15. The first-order valence-corrected chi connectivity index (χ1v) is 12.2. The second kappa shape index (κ2) is 9.33. The molecule has 160 valence electrons. The summed E-state index contributed by atoms with van der Waals surface area (Å²) in [5.41, 5.74) is 0.198. The number of halogens is 2. The Morgan fingerprint density at radius 3 is 2.48 bits per heavy atom. The van der Waals surface area contributed by atoms with Crippen LogP contribution in [0.1, 0.15) is 24.8 Å². The number of hydrogen-bond donors (Lipinski definition) is 1. The van der Waals surface area contributed by atoms with Gasteiger partial charge < -0.3 is 14.8 Å². The molecular formula is C21H28Cl2N2O3S. The van der Waals surface area contributed by atoms with Crippen molar-refractivity contribution in [1.29, 1.82) is 0 Å². The van der Waals surface area contributed by atoms with Gasteiger partial charge in [0, 0.05) is 54.2 Å². The van der Waals surface area contributed by atoms with Crippen LogP contribution in [0.2, 0.25) is 10.0 Å². The lowest BCUT2D eigenvalue weighted by molar-refractivity contribution is -0.131. The van der Waals surface area contributed by atoms with Gasteiger partial charge in [0.05, 0.1) is 18.6 Å². The van der Waals surface area contributed by atoms with Gasteiger partial charge in [-0.05, 0) is 42.7 Å². The molecule has 0 saturated carbocycles. The van der Waals surface area contributed by atoms with Crippen LogP contribution in [0.5, 0.6) is 0 Å². The largest absolute Gasteiger partial charge is 0.381 e. The Bertz CT molecular complexity index is 731. The quantitative estimate of drug-likeness (QED) is 0.732. The molecule has 8 heteroatoms. The van der Waals surface area contributed by atoms with E-state index in [-0.39, 0.29) is 11.4 Å². The Balaban J connectivity index is 1.55. The average Bonchev–Trinajstić information content (AvgIpc) is 3.23. The summed E-state index contributed by atoms with van der Waals surface area (Å²) in [6, 6.07) is 5.45. The Kier molecular flexibility index (Phi) is 6.99. The van der Waals surface area contributed by atoms with Gasteiger partial charge in [0.2, 0.25) is 5.91 Å². The molecule has 1 amide bonds. The number of morpholine rings is 1. The summed E-state index contributed by atoms with van der Waals surface area (Å²) in [6.07, 6.45) is 2.34. The first kappa shape index (κ1) is 21.7. The molecule has 1 atom stereocenters. The molecule has 1 aromatic carbocycles. The molecule has 0 aromatic heterocycles. The second-order valence-corrected chi connectivity index (χ2v) is 10.1. The molecule has 1 N–H and O–H groups in total. The highest BCUT2D eigenvalue weighted by Gasteiger charge is 2.46. The van der Waals surface area contributed by atoms with Gasteiger partial charge in [0.25, 0.3) is 0 Å². The number of carbonyl (C=O) groups is 1. The Labute approximate surface area is 186 Å². The van der Waals surface area contributed by atoms with Crippen molar-refractivity contribution in [2.75, 3.05) is 57.6 Å². The number of hydrogen-bond acceptors (Lipinski definition) is 5. The number of carbonyl (C=O) groups excluding carboxylic acids is 1. The van der Waals surface area contributed by atoms with Gasteiger partial charge >= 0.3 is 0 Å². The summed E-state index contributed by atoms with van der Waals surface area (Å²) >= 11 is 14.6. The molecule has 3 fully saturated rings. The number of benzene rings is 1. The number of amides is 1. The fraction of sp³-hybridized carbons (Fsp3) is 0.667. The van der Waals surface area contributed by atoms with E-state index in [2.05, 4.69) is 10.2 Å². The molecule has 3 saturated heterocycles. The van der Waals surface area contributed by atoms with Crippen LogP contribution in [0, 0.1) is 0 Å². The van der Waals surface area contributed by atoms with E-state index < -0.39 is 5.41 Å². The maximum Gasteiger partial charge on any atom is 0.230 e. The van der Waals surface area contributed by atoms with Crippen molar-refractivity contribution in [3.63, 3.8) is 0 Å². The second-order valence-electron chi connectivity index (χ2n) is 8.13. The van der Waals surface area contributed by atoms with Crippen molar-refractivity contribution in [2.45, 2.75) is 30.2 Å². The fourth-order valence-electron chi connectivity index (χ4n) is 4.76. The molecule has 0 bridgehead atoms. The van der Waals surface area contributed by atoms with Crippen molar-refractivity contribution >= 4 is 40.9 Å². The minimum absolute atomic E-state index is 0.0141. The smallest absolute Gasteiger partial charge is 0.230 e. The lowest BCUT2D eigenvalue weighted by Crippen LogP contribution is -2.61. The highest BCUT2D eigenvalue weighted by atomic mass is 35.5. The van der Waals surface area contributed by atoms with Crippen molar-refractivity contribution in [3.8, 4) is 0 Å². The summed E-state index contributed by atoms with van der Waals surface area (Å²) in [7, 11) is 0. The van der Waals surface area contributed by atoms with Crippen molar-refractivity contribution in [1.82, 2.24) is 10.2 Å². The topological polar surface area (TPSA) is 50.8 Å². The third-order valence-corrected chi connectivity index (χ3v) is 8.35. The number of ether oxygens (including phenoxy) is 2. The number of nitrogens with zero attached hydrogens (tertiary/aromatic N) is 1. The predicted octanol–water partition coefficient (Wildman–Crippen LogP) is 3.37. The monoisotopic (exact) mass is 458 g/mol. The third-order valence-electron chi connectivity index (χ3n) is 6.57. The van der Waals surface area contributed by atoms with E-state index in [0.29, 0.717) is 42.6 Å². The molecule has 0 spiro atoms. The lowest BCUT2D eigenvalue weighted by Gasteiger charge is -2.44. The lowest BCUT2D eigenvalue weighted by atomic mass is 9.73. The van der Waals surface area contributed by atoms with Gasteiger partial charge in [-0.2, -0.15) is 11.8 Å². The van der Waals surface area contributed by atoms with Gasteiger partial charge in [0.15, 0.2) is 0 Å². The zero-order valence-electron chi connectivity index (χ0n) is 16.6. The van der Waals surface area contributed by atoms with Crippen LogP contribution < -0.4 is 5.32 Å². The normalized spacial score (nSPS) is 27.7. The van der Waals surface area contributed by atoms with E-state index in [1.54, 1.807) is 6.07 Å². The maximum atomic E-state index is 13.6. The van der Waals surface area contributed by atoms with Crippen LogP contribution in [0.4, 0.5) is 0 Å². The third kappa shape index (κ3) is 4.43. The molecular weight excluding hydrogens is 431 g/mol.